The van der Waals surface area contributed by atoms with Crippen LogP contribution in [0.15, 0.2) is 96.6 Å². The minimum Gasteiger partial charge on any atom is -0.490 e. The first kappa shape index (κ1) is 17.6. The Balaban J connectivity index is 1.49. The second-order valence-corrected chi connectivity index (χ2v) is 7.19. The Morgan fingerprint density at radius 1 is 1.00 bits per heavy atom. The molecule has 3 aromatic carbocycles. The number of hydrazone groups is 1. The van der Waals surface area contributed by atoms with Gasteiger partial charge in [-0.2, -0.15) is 5.10 Å². The molecule has 4 heteroatoms. The van der Waals surface area contributed by atoms with Gasteiger partial charge in [-0.3, -0.25) is 0 Å². The van der Waals surface area contributed by atoms with E-state index in [-0.39, 0.29) is 12.3 Å². The molecule has 2 atom stereocenters. The molecule has 0 fully saturated rings. The molecule has 2 heterocycles. The summed E-state index contributed by atoms with van der Waals surface area (Å²) in [7, 11) is 0. The molecule has 0 unspecified atom stereocenters. The maximum absolute atomic E-state index is 6.37. The number of hydrogen-bond donors (Lipinski definition) is 0. The maximum Gasteiger partial charge on any atom is 0.213 e. The number of benzene rings is 3. The Kier molecular flexibility index (Phi) is 4.53. The molecule has 0 bridgehead atoms. The fourth-order valence-corrected chi connectivity index (χ4v) is 3.95. The second kappa shape index (κ2) is 7.47. The number of rotatable bonds is 5. The Labute approximate surface area is 170 Å². The van der Waals surface area contributed by atoms with Gasteiger partial charge in [0.1, 0.15) is 18.1 Å². The number of hydrogen-bond acceptors (Lipinski definition) is 4. The highest BCUT2D eigenvalue weighted by atomic mass is 16.5. The van der Waals surface area contributed by atoms with E-state index in [9.17, 15) is 0 Å². The quantitative estimate of drug-likeness (QED) is 0.547. The van der Waals surface area contributed by atoms with Gasteiger partial charge >= 0.3 is 0 Å². The zero-order valence-corrected chi connectivity index (χ0v) is 16.1. The molecular weight excluding hydrogens is 360 g/mol. The molecule has 0 spiro atoms. The van der Waals surface area contributed by atoms with Crippen molar-refractivity contribution in [1.82, 2.24) is 5.01 Å². The van der Waals surface area contributed by atoms with Crippen molar-refractivity contribution in [1.29, 1.82) is 0 Å². The van der Waals surface area contributed by atoms with Crippen LogP contribution in [0.1, 0.15) is 35.4 Å². The fraction of sp³-hybridized carbons (Fsp3) is 0.160. The van der Waals surface area contributed by atoms with Crippen molar-refractivity contribution in [3.8, 4) is 11.5 Å². The predicted molar refractivity (Wildman–Crippen MR) is 114 cm³/mol. The van der Waals surface area contributed by atoms with E-state index < -0.39 is 0 Å². The van der Waals surface area contributed by atoms with Crippen LogP contribution in [0.5, 0.6) is 11.5 Å². The van der Waals surface area contributed by atoms with Crippen molar-refractivity contribution < 1.29 is 9.47 Å². The lowest BCUT2D eigenvalue weighted by molar-refractivity contribution is -0.0190. The highest BCUT2D eigenvalue weighted by Crippen LogP contribution is 2.47. The van der Waals surface area contributed by atoms with E-state index >= 15 is 0 Å². The largest absolute Gasteiger partial charge is 0.490 e. The van der Waals surface area contributed by atoms with Crippen LogP contribution in [0, 0.1) is 0 Å². The fourth-order valence-electron chi connectivity index (χ4n) is 3.95. The second-order valence-electron chi connectivity index (χ2n) is 7.19. The van der Waals surface area contributed by atoms with Crippen molar-refractivity contribution in [2.24, 2.45) is 5.10 Å². The van der Waals surface area contributed by atoms with Crippen LogP contribution in [0.3, 0.4) is 0 Å². The molecule has 2 aliphatic heterocycles. The van der Waals surface area contributed by atoms with Gasteiger partial charge in [-0.15, -0.1) is 0 Å². The first-order chi connectivity index (χ1) is 14.3. The molecule has 4 nitrogen and oxygen atoms in total. The van der Waals surface area contributed by atoms with E-state index in [1.807, 2.05) is 42.5 Å². The third-order valence-electron chi connectivity index (χ3n) is 5.34. The summed E-state index contributed by atoms with van der Waals surface area (Å²) >= 11 is 0. The summed E-state index contributed by atoms with van der Waals surface area (Å²) in [6.45, 7) is 4.19. The first-order valence-corrected chi connectivity index (χ1v) is 9.84. The van der Waals surface area contributed by atoms with Crippen molar-refractivity contribution in [2.45, 2.75) is 18.7 Å². The van der Waals surface area contributed by atoms with Gasteiger partial charge in [0, 0.05) is 17.5 Å². The number of fused-ring (bicyclic) bond motifs is 3. The Hall–Kier alpha value is -3.53. The van der Waals surface area contributed by atoms with E-state index in [2.05, 4.69) is 48.0 Å². The van der Waals surface area contributed by atoms with Gasteiger partial charge in [0.05, 0.1) is 11.8 Å². The molecule has 0 aromatic heterocycles. The molecule has 0 radical (unpaired) electrons. The van der Waals surface area contributed by atoms with Gasteiger partial charge in [-0.1, -0.05) is 61.2 Å². The maximum atomic E-state index is 6.37. The van der Waals surface area contributed by atoms with Gasteiger partial charge < -0.3 is 9.47 Å². The van der Waals surface area contributed by atoms with Crippen LogP contribution in [0.25, 0.3) is 0 Å². The Morgan fingerprint density at radius 3 is 2.55 bits per heavy atom. The topological polar surface area (TPSA) is 34.1 Å². The zero-order valence-electron chi connectivity index (χ0n) is 16.1. The lowest BCUT2D eigenvalue weighted by Crippen LogP contribution is -2.33. The summed E-state index contributed by atoms with van der Waals surface area (Å²) in [5.41, 5.74) is 4.45. The average Bonchev–Trinajstić information content (AvgIpc) is 3.24. The van der Waals surface area contributed by atoms with Crippen LogP contribution in [-0.4, -0.2) is 17.3 Å². The van der Waals surface area contributed by atoms with Gasteiger partial charge in [0.15, 0.2) is 0 Å². The number of nitrogens with zero attached hydrogens (tertiary/aromatic N) is 2. The number of ether oxygens (including phenoxy) is 2. The molecule has 0 saturated carbocycles. The highest BCUT2D eigenvalue weighted by Gasteiger charge is 2.40. The summed E-state index contributed by atoms with van der Waals surface area (Å²) in [6, 6.07) is 26.8. The average molecular weight is 382 g/mol. The van der Waals surface area contributed by atoms with Gasteiger partial charge in [-0.25, -0.2) is 5.01 Å². The summed E-state index contributed by atoms with van der Waals surface area (Å²) < 4.78 is 12.0. The van der Waals surface area contributed by atoms with E-state index in [4.69, 9.17) is 14.6 Å². The van der Waals surface area contributed by atoms with Crippen LogP contribution in [0.4, 0.5) is 0 Å². The SMILES string of the molecule is C=CCOc1ccc(C2=NN3[C@@H](c4ccccc4)Oc4ccccc4[C@@H]3C2)cc1. The number of para-hydroxylation sites is 1. The molecule has 2 aliphatic rings. The molecule has 3 aromatic rings. The van der Waals surface area contributed by atoms with Gasteiger partial charge in [0.25, 0.3) is 0 Å². The van der Waals surface area contributed by atoms with Crippen LogP contribution < -0.4 is 9.47 Å². The summed E-state index contributed by atoms with van der Waals surface area (Å²) in [5, 5.41) is 7.10. The molecule has 29 heavy (non-hydrogen) atoms. The van der Waals surface area contributed by atoms with Crippen molar-refractivity contribution in [3.63, 3.8) is 0 Å². The Bertz CT molecular complexity index is 1040. The van der Waals surface area contributed by atoms with Crippen molar-refractivity contribution in [2.75, 3.05) is 6.61 Å². The highest BCUT2D eigenvalue weighted by molar-refractivity contribution is 6.02. The zero-order chi connectivity index (χ0) is 19.6. The lowest BCUT2D eigenvalue weighted by atomic mass is 9.96. The third-order valence-corrected chi connectivity index (χ3v) is 5.34. The van der Waals surface area contributed by atoms with Crippen molar-refractivity contribution in [3.05, 3.63) is 108 Å². The molecule has 0 N–H and O–H groups in total. The van der Waals surface area contributed by atoms with Gasteiger partial charge in [-0.05, 0) is 35.9 Å². The van der Waals surface area contributed by atoms with Crippen LogP contribution in [-0.2, 0) is 0 Å². The molecule has 5 rings (SSSR count). The summed E-state index contributed by atoms with van der Waals surface area (Å²) in [4.78, 5) is 0. The van der Waals surface area contributed by atoms with Gasteiger partial charge in [0.2, 0.25) is 6.23 Å². The molecule has 0 saturated heterocycles. The monoisotopic (exact) mass is 382 g/mol. The smallest absolute Gasteiger partial charge is 0.213 e. The predicted octanol–water partition coefficient (Wildman–Crippen LogP) is 5.49. The minimum absolute atomic E-state index is 0.164. The summed E-state index contributed by atoms with van der Waals surface area (Å²) in [6.07, 6.45) is 2.36. The first-order valence-electron chi connectivity index (χ1n) is 9.84. The third kappa shape index (κ3) is 3.27. The summed E-state index contributed by atoms with van der Waals surface area (Å²) in [5.74, 6) is 1.77. The minimum atomic E-state index is -0.233. The lowest BCUT2D eigenvalue weighted by Gasteiger charge is -2.38. The van der Waals surface area contributed by atoms with Crippen LogP contribution in [0.2, 0.25) is 0 Å². The van der Waals surface area contributed by atoms with Crippen molar-refractivity contribution >= 4 is 5.71 Å². The van der Waals surface area contributed by atoms with E-state index in [0.717, 1.165) is 34.8 Å². The van der Waals surface area contributed by atoms with E-state index in [1.54, 1.807) is 6.08 Å². The molecule has 0 amide bonds. The van der Waals surface area contributed by atoms with Crippen LogP contribution >= 0.6 is 0 Å². The molecule has 144 valence electrons. The van der Waals surface area contributed by atoms with E-state index in [0.29, 0.717) is 6.61 Å². The normalized spacial score (nSPS) is 19.6. The molecule has 0 aliphatic carbocycles. The Morgan fingerprint density at radius 2 is 1.76 bits per heavy atom. The standard InChI is InChI=1S/C25H22N2O2/c1-2-16-28-20-14-12-18(13-15-20)22-17-23-21-10-6-7-11-24(21)29-25(27(23)26-22)19-8-4-3-5-9-19/h2-15,23,25H,1,16-17H2/t23-,25+/m0/s1. The van der Waals surface area contributed by atoms with E-state index in [1.165, 1.54) is 5.56 Å². The molecular formula is C25H22N2O2.